The summed E-state index contributed by atoms with van der Waals surface area (Å²) in [6.45, 7) is 2.41. The van der Waals surface area contributed by atoms with E-state index in [1.807, 2.05) is 6.92 Å². The van der Waals surface area contributed by atoms with Crippen LogP contribution in [-0.2, 0) is 14.6 Å². The van der Waals surface area contributed by atoms with E-state index in [1.165, 1.54) is 12.1 Å². The number of hydrogen-bond donors (Lipinski definition) is 1. The second-order valence-corrected chi connectivity index (χ2v) is 8.00. The zero-order valence-electron chi connectivity index (χ0n) is 12.5. The maximum Gasteiger partial charge on any atom is 0.230 e. The number of benzene rings is 1. The van der Waals surface area contributed by atoms with Crippen LogP contribution in [0.1, 0.15) is 19.8 Å². The van der Waals surface area contributed by atoms with Crippen molar-refractivity contribution in [3.8, 4) is 5.75 Å². The fraction of sp³-hybridized carbons (Fsp3) is 0.533. The molecule has 1 amide bonds. The fourth-order valence-electron chi connectivity index (χ4n) is 2.64. The van der Waals surface area contributed by atoms with Gasteiger partial charge in [0.1, 0.15) is 11.9 Å². The number of hydrogen-bond acceptors (Lipinski definition) is 5. The van der Waals surface area contributed by atoms with Crippen molar-refractivity contribution >= 4 is 21.4 Å². The van der Waals surface area contributed by atoms with Crippen molar-refractivity contribution in [2.24, 2.45) is 11.7 Å². The number of amides is 1. The normalized spacial score (nSPS) is 21.2. The molecule has 7 heteroatoms. The molecule has 1 atom stereocenters. The fourth-order valence-corrected chi connectivity index (χ4v) is 3.76. The monoisotopic (exact) mass is 324 g/mol. The van der Waals surface area contributed by atoms with Crippen molar-refractivity contribution in [2.75, 3.05) is 23.7 Å². The number of carbonyl (C=O) groups is 1. The van der Waals surface area contributed by atoms with Gasteiger partial charge in [-0.1, -0.05) is 0 Å². The third kappa shape index (κ3) is 2.83. The van der Waals surface area contributed by atoms with E-state index in [0.717, 1.165) is 12.8 Å². The Kier molecular flexibility index (Phi) is 3.86. The van der Waals surface area contributed by atoms with E-state index in [1.54, 1.807) is 11.0 Å². The van der Waals surface area contributed by atoms with E-state index >= 15 is 0 Å². The quantitative estimate of drug-likeness (QED) is 0.890. The summed E-state index contributed by atoms with van der Waals surface area (Å²) in [6.07, 6.45) is 1.71. The van der Waals surface area contributed by atoms with Gasteiger partial charge in [-0.3, -0.25) is 4.79 Å². The molecule has 120 valence electrons. The first kappa shape index (κ1) is 15.3. The van der Waals surface area contributed by atoms with Crippen molar-refractivity contribution in [1.82, 2.24) is 0 Å². The predicted molar refractivity (Wildman–Crippen MR) is 82.7 cm³/mol. The van der Waals surface area contributed by atoms with Crippen LogP contribution >= 0.6 is 0 Å². The summed E-state index contributed by atoms with van der Waals surface area (Å²) < 4.78 is 30.1. The third-order valence-electron chi connectivity index (χ3n) is 3.93. The van der Waals surface area contributed by atoms with Crippen LogP contribution in [0.15, 0.2) is 23.1 Å². The molecule has 0 spiro atoms. The molecule has 6 nitrogen and oxygen atoms in total. The van der Waals surface area contributed by atoms with E-state index in [-0.39, 0.29) is 35.1 Å². The lowest BCUT2D eigenvalue weighted by Gasteiger charge is -2.34. The maximum atomic E-state index is 12.5. The summed E-state index contributed by atoms with van der Waals surface area (Å²) in [5, 5.41) is 0. The summed E-state index contributed by atoms with van der Waals surface area (Å²) in [5.41, 5.74) is 5.91. The summed E-state index contributed by atoms with van der Waals surface area (Å²) in [4.78, 5) is 14.3. The summed E-state index contributed by atoms with van der Waals surface area (Å²) in [6, 6.07) is 4.68. The molecule has 1 aliphatic carbocycles. The topological polar surface area (TPSA) is 89.7 Å². The molecule has 0 aromatic heterocycles. The lowest BCUT2D eigenvalue weighted by atomic mass is 10.1. The van der Waals surface area contributed by atoms with Crippen LogP contribution in [0, 0.1) is 5.92 Å². The number of ether oxygens (including phenoxy) is 1. The van der Waals surface area contributed by atoms with Crippen molar-refractivity contribution in [1.29, 1.82) is 0 Å². The smallest absolute Gasteiger partial charge is 0.230 e. The Morgan fingerprint density at radius 2 is 2.14 bits per heavy atom. The summed E-state index contributed by atoms with van der Waals surface area (Å²) in [5.74, 6) is 0.575. The highest BCUT2D eigenvalue weighted by atomic mass is 32.2. The van der Waals surface area contributed by atoms with Gasteiger partial charge < -0.3 is 15.4 Å². The van der Waals surface area contributed by atoms with Crippen LogP contribution in [0.3, 0.4) is 0 Å². The molecular weight excluding hydrogens is 304 g/mol. The Morgan fingerprint density at radius 3 is 2.77 bits per heavy atom. The standard InChI is InChI=1S/C15H20N2O4S/c1-10-9-17(15(18)11-2-3-11)13-8-12(4-5-14(13)21-10)22(19,20)7-6-16/h4-5,8,10-11H,2-3,6-7,9,16H2,1H3. The molecule has 3 rings (SSSR count). The molecule has 1 aromatic carbocycles. The van der Waals surface area contributed by atoms with Gasteiger partial charge in [-0.15, -0.1) is 0 Å². The Hall–Kier alpha value is -1.60. The molecule has 1 unspecified atom stereocenters. The van der Waals surface area contributed by atoms with Crippen molar-refractivity contribution < 1.29 is 17.9 Å². The van der Waals surface area contributed by atoms with Gasteiger partial charge in [-0.25, -0.2) is 8.42 Å². The van der Waals surface area contributed by atoms with E-state index in [9.17, 15) is 13.2 Å². The first-order valence-corrected chi connectivity index (χ1v) is 9.12. The highest BCUT2D eigenvalue weighted by Gasteiger charge is 2.37. The van der Waals surface area contributed by atoms with Crippen molar-refractivity contribution in [3.63, 3.8) is 0 Å². The van der Waals surface area contributed by atoms with Gasteiger partial charge in [0.05, 0.1) is 22.9 Å². The number of sulfone groups is 1. The Balaban J connectivity index is 2.01. The van der Waals surface area contributed by atoms with E-state index in [2.05, 4.69) is 0 Å². The van der Waals surface area contributed by atoms with Gasteiger partial charge in [-0.2, -0.15) is 0 Å². The number of anilines is 1. The minimum atomic E-state index is -3.43. The lowest BCUT2D eigenvalue weighted by Crippen LogP contribution is -2.43. The Labute approximate surface area is 130 Å². The van der Waals surface area contributed by atoms with Crippen molar-refractivity contribution in [2.45, 2.75) is 30.8 Å². The number of rotatable bonds is 4. The second kappa shape index (κ2) is 5.55. The Bertz CT molecular complexity index is 697. The minimum absolute atomic E-state index is 0.0600. The number of fused-ring (bicyclic) bond motifs is 1. The Morgan fingerprint density at radius 1 is 1.41 bits per heavy atom. The first-order chi connectivity index (χ1) is 10.4. The SMILES string of the molecule is CC1CN(C(=O)C2CC2)c2cc(S(=O)(=O)CCN)ccc2O1. The van der Waals surface area contributed by atoms with Gasteiger partial charge >= 0.3 is 0 Å². The molecule has 1 aliphatic heterocycles. The third-order valence-corrected chi connectivity index (χ3v) is 5.67. The lowest BCUT2D eigenvalue weighted by molar-refractivity contribution is -0.120. The van der Waals surface area contributed by atoms with Gasteiger partial charge in [0.15, 0.2) is 9.84 Å². The summed E-state index contributed by atoms with van der Waals surface area (Å²) in [7, 11) is -3.43. The molecule has 1 saturated carbocycles. The molecule has 22 heavy (non-hydrogen) atoms. The molecule has 1 aromatic rings. The van der Waals surface area contributed by atoms with Crippen LogP contribution in [0.4, 0.5) is 5.69 Å². The highest BCUT2D eigenvalue weighted by Crippen LogP contribution is 2.39. The largest absolute Gasteiger partial charge is 0.487 e. The zero-order valence-corrected chi connectivity index (χ0v) is 13.3. The summed E-state index contributed by atoms with van der Waals surface area (Å²) >= 11 is 0. The van der Waals surface area contributed by atoms with Gasteiger partial charge in [0.2, 0.25) is 5.91 Å². The minimum Gasteiger partial charge on any atom is -0.487 e. The molecular formula is C15H20N2O4S. The highest BCUT2D eigenvalue weighted by molar-refractivity contribution is 7.91. The van der Waals surface area contributed by atoms with Crippen LogP contribution < -0.4 is 15.4 Å². The molecule has 2 N–H and O–H groups in total. The van der Waals surface area contributed by atoms with Crippen molar-refractivity contribution in [3.05, 3.63) is 18.2 Å². The van der Waals surface area contributed by atoms with Gasteiger partial charge in [0.25, 0.3) is 0 Å². The van der Waals surface area contributed by atoms with Gasteiger partial charge in [-0.05, 0) is 38.0 Å². The van der Waals surface area contributed by atoms with Crippen LogP contribution in [0.25, 0.3) is 0 Å². The van der Waals surface area contributed by atoms with E-state index in [4.69, 9.17) is 10.5 Å². The maximum absolute atomic E-state index is 12.5. The average Bonchev–Trinajstić information content (AvgIpc) is 3.29. The van der Waals surface area contributed by atoms with Crippen LogP contribution in [0.5, 0.6) is 5.75 Å². The molecule has 1 heterocycles. The number of nitrogens with zero attached hydrogens (tertiary/aromatic N) is 1. The van der Waals surface area contributed by atoms with E-state index in [0.29, 0.717) is 18.0 Å². The number of carbonyl (C=O) groups excluding carboxylic acids is 1. The van der Waals surface area contributed by atoms with Gasteiger partial charge in [0, 0.05) is 12.5 Å². The molecule has 0 bridgehead atoms. The molecule has 2 aliphatic rings. The molecule has 0 saturated heterocycles. The van der Waals surface area contributed by atoms with E-state index < -0.39 is 9.84 Å². The zero-order chi connectivity index (χ0) is 15.9. The second-order valence-electron chi connectivity index (χ2n) is 5.89. The molecule has 0 radical (unpaired) electrons. The first-order valence-electron chi connectivity index (χ1n) is 7.47. The molecule has 1 fully saturated rings. The van der Waals surface area contributed by atoms with Crippen LogP contribution in [-0.4, -0.2) is 39.3 Å². The van der Waals surface area contributed by atoms with Crippen LogP contribution in [0.2, 0.25) is 0 Å². The average molecular weight is 324 g/mol. The predicted octanol–water partition coefficient (Wildman–Crippen LogP) is 0.943. The number of nitrogens with two attached hydrogens (primary N) is 1.